The molecule has 1 amide bonds. The first-order valence-corrected chi connectivity index (χ1v) is 6.67. The van der Waals surface area contributed by atoms with Gasteiger partial charge in [-0.2, -0.15) is 0 Å². The molecule has 2 N–H and O–H groups in total. The number of hydrogen-bond acceptors (Lipinski definition) is 5. The predicted octanol–water partition coefficient (Wildman–Crippen LogP) is 0.652. The molecule has 0 aliphatic rings. The van der Waals surface area contributed by atoms with Crippen LogP contribution < -0.4 is 5.32 Å². The fraction of sp³-hybridized carbons (Fsp3) is 0.727. The Morgan fingerprint density at radius 3 is 2.61 bits per heavy atom. The normalized spacial score (nSPS) is 11.7. The Morgan fingerprint density at radius 1 is 1.39 bits per heavy atom. The predicted molar refractivity (Wildman–Crippen MR) is 68.4 cm³/mol. The second-order valence-corrected chi connectivity index (χ2v) is 5.18. The van der Waals surface area contributed by atoms with Crippen molar-refractivity contribution in [3.05, 3.63) is 0 Å². The van der Waals surface area contributed by atoms with Gasteiger partial charge in [-0.1, -0.05) is 6.92 Å². The number of amides is 1. The molecular weight excluding hydrogens is 258 g/mol. The number of carbonyl (C=O) groups excluding carboxylic acids is 2. The third-order valence-electron chi connectivity index (χ3n) is 2.07. The van der Waals surface area contributed by atoms with E-state index in [2.05, 4.69) is 10.1 Å². The van der Waals surface area contributed by atoms with Crippen molar-refractivity contribution in [2.45, 2.75) is 31.4 Å². The smallest absolute Gasteiger partial charge is 0.305 e. The standard InChI is InChI=1S/C11H19NO5S/c1-8(6-10(14)15)18-7-9(13)12-5-3-4-11(16)17-2/h8H,3-7H2,1-2H3,(H,12,13)(H,14,15). The molecule has 7 heteroatoms. The molecular formula is C11H19NO5S. The van der Waals surface area contributed by atoms with Gasteiger partial charge in [0.15, 0.2) is 0 Å². The first-order valence-electron chi connectivity index (χ1n) is 5.62. The van der Waals surface area contributed by atoms with Gasteiger partial charge in [0.2, 0.25) is 5.91 Å². The Morgan fingerprint density at radius 2 is 2.06 bits per heavy atom. The van der Waals surface area contributed by atoms with Gasteiger partial charge >= 0.3 is 11.9 Å². The van der Waals surface area contributed by atoms with Crippen LogP contribution in [0.15, 0.2) is 0 Å². The lowest BCUT2D eigenvalue weighted by molar-refractivity contribution is -0.141. The highest BCUT2D eigenvalue weighted by molar-refractivity contribution is 8.00. The number of carboxylic acids is 1. The monoisotopic (exact) mass is 277 g/mol. The van der Waals surface area contributed by atoms with E-state index in [0.29, 0.717) is 13.0 Å². The molecule has 0 fully saturated rings. The maximum Gasteiger partial charge on any atom is 0.305 e. The van der Waals surface area contributed by atoms with Crippen LogP contribution in [0.3, 0.4) is 0 Å². The van der Waals surface area contributed by atoms with Crippen LogP contribution in [0.5, 0.6) is 0 Å². The number of carboxylic acid groups (broad SMARTS) is 1. The zero-order chi connectivity index (χ0) is 14.0. The van der Waals surface area contributed by atoms with Crippen molar-refractivity contribution in [3.8, 4) is 0 Å². The molecule has 0 heterocycles. The first kappa shape index (κ1) is 16.8. The van der Waals surface area contributed by atoms with Gasteiger partial charge in [0.05, 0.1) is 19.3 Å². The fourth-order valence-corrected chi connectivity index (χ4v) is 1.93. The van der Waals surface area contributed by atoms with E-state index in [1.165, 1.54) is 18.9 Å². The summed E-state index contributed by atoms with van der Waals surface area (Å²) in [7, 11) is 1.32. The molecule has 0 aromatic carbocycles. The minimum Gasteiger partial charge on any atom is -0.481 e. The molecule has 104 valence electrons. The lowest BCUT2D eigenvalue weighted by Crippen LogP contribution is -2.27. The molecule has 0 aromatic heterocycles. The minimum absolute atomic E-state index is 0.0420. The van der Waals surface area contributed by atoms with Crippen molar-refractivity contribution in [3.63, 3.8) is 0 Å². The van der Waals surface area contributed by atoms with E-state index in [4.69, 9.17) is 5.11 Å². The molecule has 1 atom stereocenters. The zero-order valence-corrected chi connectivity index (χ0v) is 11.4. The highest BCUT2D eigenvalue weighted by atomic mass is 32.2. The SMILES string of the molecule is COC(=O)CCCNC(=O)CSC(C)CC(=O)O. The summed E-state index contributed by atoms with van der Waals surface area (Å²) >= 11 is 1.30. The summed E-state index contributed by atoms with van der Waals surface area (Å²) in [4.78, 5) is 32.5. The number of methoxy groups -OCH3 is 1. The van der Waals surface area contributed by atoms with Crippen molar-refractivity contribution < 1.29 is 24.2 Å². The molecule has 0 aliphatic heterocycles. The van der Waals surface area contributed by atoms with Crippen LogP contribution in [0.1, 0.15) is 26.2 Å². The van der Waals surface area contributed by atoms with E-state index >= 15 is 0 Å². The molecule has 6 nitrogen and oxygen atoms in total. The Hall–Kier alpha value is -1.24. The number of rotatable bonds is 9. The summed E-state index contributed by atoms with van der Waals surface area (Å²) < 4.78 is 4.46. The molecule has 0 radical (unpaired) electrons. The van der Waals surface area contributed by atoms with E-state index < -0.39 is 5.97 Å². The van der Waals surface area contributed by atoms with Crippen LogP contribution in [0.2, 0.25) is 0 Å². The van der Waals surface area contributed by atoms with Gasteiger partial charge in [-0.15, -0.1) is 11.8 Å². The lowest BCUT2D eigenvalue weighted by atomic mass is 10.3. The molecule has 0 bridgehead atoms. The first-order chi connectivity index (χ1) is 8.45. The van der Waals surface area contributed by atoms with E-state index in [1.54, 1.807) is 6.92 Å². The van der Waals surface area contributed by atoms with Crippen LogP contribution >= 0.6 is 11.8 Å². The van der Waals surface area contributed by atoms with Crippen molar-refractivity contribution in [1.82, 2.24) is 5.32 Å². The maximum atomic E-state index is 11.4. The third-order valence-corrected chi connectivity index (χ3v) is 3.23. The number of thioether (sulfide) groups is 1. The Bertz CT molecular complexity index is 295. The molecule has 1 unspecified atom stereocenters. The van der Waals surface area contributed by atoms with E-state index in [-0.39, 0.29) is 35.7 Å². The van der Waals surface area contributed by atoms with E-state index in [0.717, 1.165) is 0 Å². The van der Waals surface area contributed by atoms with Gasteiger partial charge in [-0.3, -0.25) is 14.4 Å². The Balaban J connectivity index is 3.54. The molecule has 0 aromatic rings. The number of nitrogens with one attached hydrogen (secondary N) is 1. The van der Waals surface area contributed by atoms with Gasteiger partial charge in [0.25, 0.3) is 0 Å². The summed E-state index contributed by atoms with van der Waals surface area (Å²) in [5.74, 6) is -1.09. The molecule has 0 saturated carbocycles. The van der Waals surface area contributed by atoms with Crippen LogP contribution in [-0.2, 0) is 19.1 Å². The van der Waals surface area contributed by atoms with Crippen LogP contribution in [0, 0.1) is 0 Å². The van der Waals surface area contributed by atoms with Crippen molar-refractivity contribution in [2.24, 2.45) is 0 Å². The highest BCUT2D eigenvalue weighted by Gasteiger charge is 2.10. The van der Waals surface area contributed by atoms with Crippen LogP contribution in [0.4, 0.5) is 0 Å². The number of ether oxygens (including phenoxy) is 1. The topological polar surface area (TPSA) is 92.7 Å². The second-order valence-electron chi connectivity index (χ2n) is 3.75. The summed E-state index contributed by atoms with van der Waals surface area (Å²) in [5.41, 5.74) is 0. The van der Waals surface area contributed by atoms with Crippen LogP contribution in [0.25, 0.3) is 0 Å². The molecule has 0 saturated heterocycles. The average Bonchev–Trinajstić information content (AvgIpc) is 2.30. The average molecular weight is 277 g/mol. The quantitative estimate of drug-likeness (QED) is 0.475. The lowest BCUT2D eigenvalue weighted by Gasteiger charge is -2.08. The zero-order valence-electron chi connectivity index (χ0n) is 10.6. The summed E-state index contributed by atoms with van der Waals surface area (Å²) in [5, 5.41) is 11.1. The second kappa shape index (κ2) is 9.76. The Labute approximate surface area is 110 Å². The van der Waals surface area contributed by atoms with Gasteiger partial charge in [-0.25, -0.2) is 0 Å². The largest absolute Gasteiger partial charge is 0.481 e. The minimum atomic E-state index is -0.867. The summed E-state index contributed by atoms with van der Waals surface area (Å²) in [6.07, 6.45) is 0.855. The van der Waals surface area contributed by atoms with Gasteiger partial charge < -0.3 is 15.2 Å². The van der Waals surface area contributed by atoms with Gasteiger partial charge in [0.1, 0.15) is 0 Å². The molecule has 18 heavy (non-hydrogen) atoms. The third kappa shape index (κ3) is 9.95. The maximum absolute atomic E-state index is 11.4. The van der Waals surface area contributed by atoms with Gasteiger partial charge in [0, 0.05) is 18.2 Å². The Kier molecular flexibility index (Phi) is 9.08. The number of aliphatic carboxylic acids is 1. The van der Waals surface area contributed by atoms with Crippen LogP contribution in [-0.4, -0.2) is 47.6 Å². The fourth-order valence-electron chi connectivity index (χ4n) is 1.14. The summed E-state index contributed by atoms with van der Waals surface area (Å²) in [6, 6.07) is 0. The number of carbonyl (C=O) groups is 3. The molecule has 0 rings (SSSR count). The van der Waals surface area contributed by atoms with Crippen molar-refractivity contribution >= 4 is 29.6 Å². The van der Waals surface area contributed by atoms with E-state index in [9.17, 15) is 14.4 Å². The highest BCUT2D eigenvalue weighted by Crippen LogP contribution is 2.13. The number of esters is 1. The summed E-state index contributed by atoms with van der Waals surface area (Å²) in [6.45, 7) is 2.19. The van der Waals surface area contributed by atoms with Crippen molar-refractivity contribution in [1.29, 1.82) is 0 Å². The molecule has 0 aliphatic carbocycles. The number of hydrogen-bond donors (Lipinski definition) is 2. The van der Waals surface area contributed by atoms with E-state index in [1.807, 2.05) is 0 Å². The molecule has 0 spiro atoms. The van der Waals surface area contributed by atoms with Gasteiger partial charge in [-0.05, 0) is 6.42 Å². The van der Waals surface area contributed by atoms with Crippen molar-refractivity contribution in [2.75, 3.05) is 19.4 Å².